The molecule has 0 radical (unpaired) electrons. The van der Waals surface area contributed by atoms with Gasteiger partial charge in [0.25, 0.3) is 0 Å². The predicted molar refractivity (Wildman–Crippen MR) is 82.2 cm³/mol. The summed E-state index contributed by atoms with van der Waals surface area (Å²) in [6.45, 7) is 6.93. The van der Waals surface area contributed by atoms with E-state index in [4.69, 9.17) is 22.1 Å². The molecule has 2 heterocycles. The molecule has 0 saturated carbocycles. The Balaban J connectivity index is 1.95. The van der Waals surface area contributed by atoms with Crippen molar-refractivity contribution in [2.45, 2.75) is 38.8 Å². The van der Waals surface area contributed by atoms with Crippen molar-refractivity contribution < 1.29 is 9.53 Å². The van der Waals surface area contributed by atoms with Crippen LogP contribution < -0.4 is 5.73 Å². The maximum atomic E-state index is 12.0. The average molecular weight is 317 g/mol. The largest absolute Gasteiger partial charge is 0.444 e. The molecule has 2 atom stereocenters. The second-order valence-electron chi connectivity index (χ2n) is 6.13. The molecule has 1 amide bonds. The lowest BCUT2D eigenvalue weighted by molar-refractivity contribution is 0.0286. The van der Waals surface area contributed by atoms with Crippen molar-refractivity contribution in [3.63, 3.8) is 0 Å². The van der Waals surface area contributed by atoms with E-state index in [1.165, 1.54) is 0 Å². The Morgan fingerprint density at radius 1 is 1.60 bits per heavy atom. The maximum absolute atomic E-state index is 12.0. The number of hydrogen-bond acceptors (Lipinski definition) is 4. The van der Waals surface area contributed by atoms with Crippen LogP contribution >= 0.6 is 22.9 Å². The number of rotatable bonds is 2. The van der Waals surface area contributed by atoms with E-state index >= 15 is 0 Å². The smallest absolute Gasteiger partial charge is 0.410 e. The Kier molecular flexibility index (Phi) is 4.62. The van der Waals surface area contributed by atoms with E-state index in [-0.39, 0.29) is 18.1 Å². The predicted octanol–water partition coefficient (Wildman–Crippen LogP) is 3.66. The third kappa shape index (κ3) is 3.65. The minimum atomic E-state index is -0.464. The van der Waals surface area contributed by atoms with E-state index in [1.54, 1.807) is 16.2 Å². The summed E-state index contributed by atoms with van der Waals surface area (Å²) in [7, 11) is 0. The van der Waals surface area contributed by atoms with Crippen LogP contribution in [0.3, 0.4) is 0 Å². The summed E-state index contributed by atoms with van der Waals surface area (Å²) in [4.78, 5) is 14.8. The third-order valence-electron chi connectivity index (χ3n) is 3.33. The molecule has 2 unspecified atom stereocenters. The molecule has 6 heteroatoms. The quantitative estimate of drug-likeness (QED) is 0.906. The number of ether oxygens (including phenoxy) is 1. The van der Waals surface area contributed by atoms with E-state index in [0.29, 0.717) is 13.1 Å². The normalized spacial score (nSPS) is 21.1. The lowest BCUT2D eigenvalue weighted by atomic mass is 9.98. The molecule has 1 aromatic rings. The zero-order valence-corrected chi connectivity index (χ0v) is 13.6. The standard InChI is InChI=1S/C14H21ClN2O2S/c1-14(2,3)19-13(18)17-6-4-9(8-17)11(16)12-10(15)5-7-20-12/h5,7,9,11H,4,6,8,16H2,1-3H3. The summed E-state index contributed by atoms with van der Waals surface area (Å²) >= 11 is 7.70. The lowest BCUT2D eigenvalue weighted by Crippen LogP contribution is -2.36. The summed E-state index contributed by atoms with van der Waals surface area (Å²) < 4.78 is 5.39. The highest BCUT2D eigenvalue weighted by atomic mass is 35.5. The van der Waals surface area contributed by atoms with E-state index < -0.39 is 5.60 Å². The molecule has 0 aliphatic carbocycles. The second kappa shape index (κ2) is 5.92. The Labute approximate surface area is 128 Å². The molecule has 112 valence electrons. The Hall–Kier alpha value is -0.780. The zero-order valence-electron chi connectivity index (χ0n) is 12.1. The van der Waals surface area contributed by atoms with Gasteiger partial charge in [0, 0.05) is 24.0 Å². The van der Waals surface area contributed by atoms with Gasteiger partial charge in [-0.15, -0.1) is 11.3 Å². The molecule has 1 aliphatic rings. The summed E-state index contributed by atoms with van der Waals surface area (Å²) in [5, 5.41) is 2.66. The molecule has 1 aliphatic heterocycles. The summed E-state index contributed by atoms with van der Waals surface area (Å²) in [6.07, 6.45) is 0.624. The fourth-order valence-electron chi connectivity index (χ4n) is 2.33. The summed E-state index contributed by atoms with van der Waals surface area (Å²) in [6, 6.07) is 1.75. The first-order chi connectivity index (χ1) is 9.28. The zero-order chi connectivity index (χ0) is 14.9. The number of nitrogens with two attached hydrogens (primary N) is 1. The first-order valence-electron chi connectivity index (χ1n) is 6.74. The molecule has 0 aromatic carbocycles. The maximum Gasteiger partial charge on any atom is 0.410 e. The van der Waals surface area contributed by atoms with Gasteiger partial charge in [-0.05, 0) is 44.6 Å². The van der Waals surface area contributed by atoms with E-state index in [0.717, 1.165) is 16.3 Å². The van der Waals surface area contributed by atoms with Crippen LogP contribution in [0.1, 0.15) is 38.1 Å². The van der Waals surface area contributed by atoms with Gasteiger partial charge in [0.2, 0.25) is 0 Å². The molecule has 0 spiro atoms. The summed E-state index contributed by atoms with van der Waals surface area (Å²) in [5.41, 5.74) is 5.82. The number of likely N-dealkylation sites (tertiary alicyclic amines) is 1. The molecule has 2 N–H and O–H groups in total. The first-order valence-corrected chi connectivity index (χ1v) is 8.00. The van der Waals surface area contributed by atoms with Crippen molar-refractivity contribution in [1.29, 1.82) is 0 Å². The number of hydrogen-bond donors (Lipinski definition) is 1. The van der Waals surface area contributed by atoms with Gasteiger partial charge in [-0.2, -0.15) is 0 Å². The molecule has 0 bridgehead atoms. The second-order valence-corrected chi connectivity index (χ2v) is 7.49. The van der Waals surface area contributed by atoms with Gasteiger partial charge in [0.1, 0.15) is 5.60 Å². The van der Waals surface area contributed by atoms with Gasteiger partial charge in [0.15, 0.2) is 0 Å². The van der Waals surface area contributed by atoms with Gasteiger partial charge < -0.3 is 15.4 Å². The Bertz CT molecular complexity index is 484. The van der Waals surface area contributed by atoms with E-state index in [1.807, 2.05) is 32.2 Å². The number of halogens is 1. The molecular weight excluding hydrogens is 296 g/mol. The Morgan fingerprint density at radius 3 is 2.85 bits per heavy atom. The molecule has 2 rings (SSSR count). The van der Waals surface area contributed by atoms with Crippen LogP contribution in [0.2, 0.25) is 5.02 Å². The topological polar surface area (TPSA) is 55.6 Å². The molecule has 1 aromatic heterocycles. The Morgan fingerprint density at radius 2 is 2.30 bits per heavy atom. The molecular formula is C14H21ClN2O2S. The van der Waals surface area contributed by atoms with Crippen LogP contribution in [-0.4, -0.2) is 29.7 Å². The molecule has 20 heavy (non-hydrogen) atoms. The van der Waals surface area contributed by atoms with Crippen molar-refractivity contribution in [3.05, 3.63) is 21.3 Å². The number of thiophene rings is 1. The number of carbonyl (C=O) groups is 1. The van der Waals surface area contributed by atoms with E-state index in [2.05, 4.69) is 0 Å². The van der Waals surface area contributed by atoms with Gasteiger partial charge in [-0.25, -0.2) is 4.79 Å². The summed E-state index contributed by atoms with van der Waals surface area (Å²) in [5.74, 6) is 0.235. The fourth-order valence-corrected chi connectivity index (χ4v) is 3.61. The molecule has 1 saturated heterocycles. The van der Waals surface area contributed by atoms with Crippen LogP contribution in [0, 0.1) is 5.92 Å². The lowest BCUT2D eigenvalue weighted by Gasteiger charge is -2.25. The monoisotopic (exact) mass is 316 g/mol. The van der Waals surface area contributed by atoms with Gasteiger partial charge in [0.05, 0.1) is 5.02 Å². The highest BCUT2D eigenvalue weighted by Crippen LogP contribution is 2.35. The van der Waals surface area contributed by atoms with Gasteiger partial charge >= 0.3 is 6.09 Å². The van der Waals surface area contributed by atoms with Crippen molar-refractivity contribution in [2.24, 2.45) is 11.7 Å². The van der Waals surface area contributed by atoms with Crippen LogP contribution in [-0.2, 0) is 4.74 Å². The average Bonchev–Trinajstić information content (AvgIpc) is 2.94. The minimum Gasteiger partial charge on any atom is -0.444 e. The third-order valence-corrected chi connectivity index (χ3v) is 4.79. The van der Waals surface area contributed by atoms with Crippen LogP contribution in [0.4, 0.5) is 4.79 Å². The minimum absolute atomic E-state index is 0.116. The van der Waals surface area contributed by atoms with Gasteiger partial charge in [-0.3, -0.25) is 0 Å². The molecule has 4 nitrogen and oxygen atoms in total. The van der Waals surface area contributed by atoms with Crippen molar-refractivity contribution >= 4 is 29.0 Å². The highest BCUT2D eigenvalue weighted by Gasteiger charge is 2.34. The number of carbonyl (C=O) groups excluding carboxylic acids is 1. The molecule has 1 fully saturated rings. The van der Waals surface area contributed by atoms with Crippen LogP contribution in [0.5, 0.6) is 0 Å². The van der Waals surface area contributed by atoms with Gasteiger partial charge in [-0.1, -0.05) is 11.6 Å². The van der Waals surface area contributed by atoms with E-state index in [9.17, 15) is 4.79 Å². The number of amides is 1. The first kappa shape index (κ1) is 15.6. The van der Waals surface area contributed by atoms with Crippen molar-refractivity contribution in [3.8, 4) is 0 Å². The van der Waals surface area contributed by atoms with Crippen molar-refractivity contribution in [1.82, 2.24) is 4.90 Å². The SMILES string of the molecule is CC(C)(C)OC(=O)N1CCC(C(N)c2sccc2Cl)C1. The van der Waals surface area contributed by atoms with Crippen LogP contribution in [0.25, 0.3) is 0 Å². The van der Waals surface area contributed by atoms with Crippen molar-refractivity contribution in [2.75, 3.05) is 13.1 Å². The van der Waals surface area contributed by atoms with Crippen LogP contribution in [0.15, 0.2) is 11.4 Å². The fraction of sp³-hybridized carbons (Fsp3) is 0.643. The number of nitrogens with zero attached hydrogens (tertiary/aromatic N) is 1. The highest BCUT2D eigenvalue weighted by molar-refractivity contribution is 7.10.